The molecule has 0 radical (unpaired) electrons. The Morgan fingerprint density at radius 3 is 2.47 bits per heavy atom. The highest BCUT2D eigenvalue weighted by Crippen LogP contribution is 2.20. The molecule has 0 aromatic carbocycles. The van der Waals surface area contributed by atoms with E-state index >= 15 is 0 Å². The molecule has 0 unspecified atom stereocenters. The topological polar surface area (TPSA) is 82.6 Å². The lowest BCUT2D eigenvalue weighted by atomic mass is 10.1. The highest BCUT2D eigenvalue weighted by atomic mass is 16.5. The van der Waals surface area contributed by atoms with Gasteiger partial charge < -0.3 is 19.7 Å². The van der Waals surface area contributed by atoms with Crippen molar-refractivity contribution in [2.75, 3.05) is 26.8 Å². The van der Waals surface area contributed by atoms with E-state index in [2.05, 4.69) is 4.98 Å². The second-order valence-corrected chi connectivity index (χ2v) is 4.23. The van der Waals surface area contributed by atoms with Gasteiger partial charge in [-0.3, -0.25) is 4.79 Å². The molecule has 0 aliphatic carbocycles. The zero-order valence-corrected chi connectivity index (χ0v) is 11.7. The lowest BCUT2D eigenvalue weighted by Crippen LogP contribution is -2.34. The molecule has 1 amide bonds. The van der Waals surface area contributed by atoms with Crippen molar-refractivity contribution in [3.63, 3.8) is 0 Å². The van der Waals surface area contributed by atoms with Gasteiger partial charge in [0.1, 0.15) is 5.69 Å². The number of nitrogens with one attached hydrogen (secondary N) is 1. The smallest absolute Gasteiger partial charge is 0.339 e. The standard InChI is InChI=1S/C13H20N2O4/c1-5-15(6-7-16)12(17)11-8(2)10(9(3)14-11)13(18)19-4/h14,16H,5-7H2,1-4H3. The van der Waals surface area contributed by atoms with Gasteiger partial charge in [-0.1, -0.05) is 0 Å². The summed E-state index contributed by atoms with van der Waals surface area (Å²) >= 11 is 0. The average molecular weight is 268 g/mol. The van der Waals surface area contributed by atoms with Crippen LogP contribution >= 0.6 is 0 Å². The summed E-state index contributed by atoms with van der Waals surface area (Å²) in [5, 5.41) is 8.94. The number of H-pyrrole nitrogens is 1. The van der Waals surface area contributed by atoms with Crippen LogP contribution < -0.4 is 0 Å². The van der Waals surface area contributed by atoms with Crippen LogP contribution in [-0.4, -0.2) is 53.7 Å². The molecule has 2 N–H and O–H groups in total. The number of carbonyl (C=O) groups is 2. The number of methoxy groups -OCH3 is 1. The monoisotopic (exact) mass is 268 g/mol. The van der Waals surface area contributed by atoms with Crippen molar-refractivity contribution in [2.45, 2.75) is 20.8 Å². The Bertz CT molecular complexity index is 479. The molecule has 1 aromatic rings. The summed E-state index contributed by atoms with van der Waals surface area (Å²) < 4.78 is 4.70. The van der Waals surface area contributed by atoms with Crippen LogP contribution in [0.3, 0.4) is 0 Å². The Morgan fingerprint density at radius 2 is 2.00 bits per heavy atom. The van der Waals surface area contributed by atoms with Gasteiger partial charge in [0.15, 0.2) is 0 Å². The third kappa shape index (κ3) is 2.96. The molecule has 0 saturated heterocycles. The largest absolute Gasteiger partial charge is 0.465 e. The maximum absolute atomic E-state index is 12.3. The number of esters is 1. The number of aryl methyl sites for hydroxylation is 1. The number of likely N-dealkylation sites (N-methyl/N-ethyl adjacent to an activating group) is 1. The van der Waals surface area contributed by atoms with Crippen molar-refractivity contribution < 1.29 is 19.4 Å². The first-order valence-electron chi connectivity index (χ1n) is 6.15. The number of ether oxygens (including phenoxy) is 1. The number of hydrogen-bond donors (Lipinski definition) is 2. The van der Waals surface area contributed by atoms with E-state index in [0.29, 0.717) is 29.1 Å². The molecule has 0 saturated carbocycles. The van der Waals surface area contributed by atoms with Crippen LogP contribution in [0.25, 0.3) is 0 Å². The number of hydrogen-bond acceptors (Lipinski definition) is 4. The molecule has 6 nitrogen and oxygen atoms in total. The lowest BCUT2D eigenvalue weighted by molar-refractivity contribution is 0.0599. The normalized spacial score (nSPS) is 10.4. The zero-order chi connectivity index (χ0) is 14.6. The van der Waals surface area contributed by atoms with Crippen LogP contribution in [0, 0.1) is 13.8 Å². The summed E-state index contributed by atoms with van der Waals surface area (Å²) in [4.78, 5) is 28.4. The number of amides is 1. The van der Waals surface area contributed by atoms with E-state index in [1.165, 1.54) is 12.0 Å². The quantitative estimate of drug-likeness (QED) is 0.776. The second kappa shape index (κ2) is 6.38. The molecular weight excluding hydrogens is 248 g/mol. The van der Waals surface area contributed by atoms with Gasteiger partial charge in [-0.15, -0.1) is 0 Å². The fraction of sp³-hybridized carbons (Fsp3) is 0.538. The fourth-order valence-corrected chi connectivity index (χ4v) is 2.05. The Morgan fingerprint density at radius 1 is 1.37 bits per heavy atom. The van der Waals surface area contributed by atoms with E-state index in [0.717, 1.165) is 0 Å². The van der Waals surface area contributed by atoms with Crippen LogP contribution in [0.2, 0.25) is 0 Å². The van der Waals surface area contributed by atoms with Gasteiger partial charge in [-0.25, -0.2) is 4.79 Å². The highest BCUT2D eigenvalue weighted by Gasteiger charge is 2.24. The minimum atomic E-state index is -0.462. The number of aromatic nitrogens is 1. The van der Waals surface area contributed by atoms with Gasteiger partial charge in [0.2, 0.25) is 0 Å². The van der Waals surface area contributed by atoms with Crippen LogP contribution in [0.1, 0.15) is 39.0 Å². The highest BCUT2D eigenvalue weighted by molar-refractivity contribution is 6.00. The summed E-state index contributed by atoms with van der Waals surface area (Å²) in [6.07, 6.45) is 0. The zero-order valence-electron chi connectivity index (χ0n) is 11.7. The Hall–Kier alpha value is -1.82. The number of aliphatic hydroxyl groups is 1. The van der Waals surface area contributed by atoms with Gasteiger partial charge in [0, 0.05) is 18.8 Å². The van der Waals surface area contributed by atoms with Gasteiger partial charge in [0.25, 0.3) is 5.91 Å². The number of aromatic amines is 1. The third-order valence-corrected chi connectivity index (χ3v) is 3.08. The Balaban J connectivity index is 3.15. The molecule has 0 atom stereocenters. The molecular formula is C13H20N2O4. The van der Waals surface area contributed by atoms with Crippen molar-refractivity contribution in [1.29, 1.82) is 0 Å². The van der Waals surface area contributed by atoms with Gasteiger partial charge >= 0.3 is 5.97 Å². The number of rotatable bonds is 5. The number of carbonyl (C=O) groups excluding carboxylic acids is 2. The van der Waals surface area contributed by atoms with Crippen molar-refractivity contribution in [2.24, 2.45) is 0 Å². The molecule has 0 bridgehead atoms. The minimum Gasteiger partial charge on any atom is -0.465 e. The molecule has 0 spiro atoms. The molecule has 0 aliphatic rings. The first kappa shape index (κ1) is 15.2. The summed E-state index contributed by atoms with van der Waals surface area (Å²) in [6, 6.07) is 0. The van der Waals surface area contributed by atoms with E-state index in [-0.39, 0.29) is 19.1 Å². The molecule has 0 fully saturated rings. The average Bonchev–Trinajstić information content (AvgIpc) is 2.69. The van der Waals surface area contributed by atoms with E-state index in [4.69, 9.17) is 9.84 Å². The van der Waals surface area contributed by atoms with Crippen LogP contribution in [-0.2, 0) is 4.74 Å². The maximum Gasteiger partial charge on any atom is 0.339 e. The van der Waals surface area contributed by atoms with Gasteiger partial charge in [0.05, 0.1) is 19.3 Å². The number of aliphatic hydroxyl groups excluding tert-OH is 1. The summed E-state index contributed by atoms with van der Waals surface area (Å²) in [7, 11) is 1.31. The molecule has 19 heavy (non-hydrogen) atoms. The Kier molecular flexibility index (Phi) is 5.11. The SMILES string of the molecule is CCN(CCO)C(=O)c1[nH]c(C)c(C(=O)OC)c1C. The molecule has 106 valence electrons. The predicted molar refractivity (Wildman–Crippen MR) is 70.3 cm³/mol. The Labute approximate surface area is 112 Å². The van der Waals surface area contributed by atoms with E-state index in [1.54, 1.807) is 13.8 Å². The van der Waals surface area contributed by atoms with E-state index in [1.807, 2.05) is 6.92 Å². The van der Waals surface area contributed by atoms with Gasteiger partial charge in [-0.2, -0.15) is 0 Å². The molecule has 1 heterocycles. The third-order valence-electron chi connectivity index (χ3n) is 3.08. The van der Waals surface area contributed by atoms with Crippen LogP contribution in [0.5, 0.6) is 0 Å². The molecule has 1 rings (SSSR count). The van der Waals surface area contributed by atoms with Gasteiger partial charge in [-0.05, 0) is 26.3 Å². The molecule has 6 heteroatoms. The maximum atomic E-state index is 12.3. The van der Waals surface area contributed by atoms with Crippen molar-refractivity contribution in [3.05, 3.63) is 22.5 Å². The minimum absolute atomic E-state index is 0.0951. The first-order valence-corrected chi connectivity index (χ1v) is 6.15. The van der Waals surface area contributed by atoms with Crippen molar-refractivity contribution >= 4 is 11.9 Å². The summed E-state index contributed by atoms with van der Waals surface area (Å²) in [5.41, 5.74) is 1.94. The van der Waals surface area contributed by atoms with Crippen molar-refractivity contribution in [1.82, 2.24) is 9.88 Å². The van der Waals surface area contributed by atoms with Crippen molar-refractivity contribution in [3.8, 4) is 0 Å². The van der Waals surface area contributed by atoms with E-state index in [9.17, 15) is 9.59 Å². The van der Waals surface area contributed by atoms with Crippen LogP contribution in [0.15, 0.2) is 0 Å². The molecule has 1 aromatic heterocycles. The lowest BCUT2D eigenvalue weighted by Gasteiger charge is -2.19. The summed E-state index contributed by atoms with van der Waals surface area (Å²) in [5.74, 6) is -0.692. The molecule has 0 aliphatic heterocycles. The predicted octanol–water partition coefficient (Wildman–Crippen LogP) is 0.873. The fourth-order valence-electron chi connectivity index (χ4n) is 2.05. The van der Waals surface area contributed by atoms with Crippen LogP contribution in [0.4, 0.5) is 0 Å². The number of nitrogens with zero attached hydrogens (tertiary/aromatic N) is 1. The second-order valence-electron chi connectivity index (χ2n) is 4.23. The first-order chi connectivity index (χ1) is 8.97. The van der Waals surface area contributed by atoms with E-state index < -0.39 is 5.97 Å². The summed E-state index contributed by atoms with van der Waals surface area (Å²) in [6.45, 7) is 5.92.